The molecule has 2 aliphatic rings. The van der Waals surface area contributed by atoms with E-state index in [2.05, 4.69) is 45.2 Å². The van der Waals surface area contributed by atoms with Crippen LogP contribution in [0.5, 0.6) is 0 Å². The minimum atomic E-state index is 0.0800. The highest BCUT2D eigenvalue weighted by atomic mass is 16.5. The summed E-state index contributed by atoms with van der Waals surface area (Å²) >= 11 is 0. The standard InChI is InChI=1S/C22H30N4O2/c1-2-25-9-11-26(12-10-25)14-22(27)24-21-16-28-15-18(21)13-17-7-8-23-20-6-4-3-5-19(17)20/h3-8,18,21H,2,9-16H2,1H3,(H,24,27)/t18-,21+/m1/s1. The molecule has 0 spiro atoms. The summed E-state index contributed by atoms with van der Waals surface area (Å²) in [5.41, 5.74) is 2.29. The Morgan fingerprint density at radius 2 is 1.93 bits per heavy atom. The van der Waals surface area contributed by atoms with Crippen LogP contribution in [0.3, 0.4) is 0 Å². The van der Waals surface area contributed by atoms with Crippen LogP contribution in [0.15, 0.2) is 36.5 Å². The summed E-state index contributed by atoms with van der Waals surface area (Å²) < 4.78 is 5.72. The van der Waals surface area contributed by atoms with Crippen molar-refractivity contribution >= 4 is 16.8 Å². The predicted molar refractivity (Wildman–Crippen MR) is 110 cm³/mol. The molecule has 2 aliphatic heterocycles. The lowest BCUT2D eigenvalue weighted by Crippen LogP contribution is -2.51. The molecule has 0 bridgehead atoms. The van der Waals surface area contributed by atoms with E-state index in [9.17, 15) is 4.79 Å². The van der Waals surface area contributed by atoms with Crippen molar-refractivity contribution in [3.05, 3.63) is 42.1 Å². The highest BCUT2D eigenvalue weighted by Gasteiger charge is 2.30. The number of likely N-dealkylation sites (N-methyl/N-ethyl adjacent to an activating group) is 1. The van der Waals surface area contributed by atoms with E-state index in [0.717, 1.165) is 44.7 Å². The maximum atomic E-state index is 12.6. The third-order valence-corrected chi connectivity index (χ3v) is 6.05. The number of hydrogen-bond acceptors (Lipinski definition) is 5. The number of aromatic nitrogens is 1. The zero-order valence-electron chi connectivity index (χ0n) is 16.6. The Labute approximate surface area is 166 Å². The van der Waals surface area contributed by atoms with E-state index in [1.807, 2.05) is 18.3 Å². The molecule has 6 heteroatoms. The maximum absolute atomic E-state index is 12.6. The number of pyridine rings is 1. The lowest BCUT2D eigenvalue weighted by Gasteiger charge is -2.33. The predicted octanol–water partition coefficient (Wildman–Crippen LogP) is 1.55. The topological polar surface area (TPSA) is 57.7 Å². The van der Waals surface area contributed by atoms with Gasteiger partial charge >= 0.3 is 0 Å². The Kier molecular flexibility index (Phi) is 6.20. The monoisotopic (exact) mass is 382 g/mol. The molecule has 4 rings (SSSR count). The Morgan fingerprint density at radius 1 is 1.14 bits per heavy atom. The molecule has 1 amide bonds. The van der Waals surface area contributed by atoms with Crippen molar-refractivity contribution in [3.63, 3.8) is 0 Å². The van der Waals surface area contributed by atoms with E-state index < -0.39 is 0 Å². The summed E-state index contributed by atoms with van der Waals surface area (Å²) in [5.74, 6) is 0.414. The van der Waals surface area contributed by atoms with Crippen LogP contribution < -0.4 is 5.32 Å². The SMILES string of the molecule is CCN1CCN(CC(=O)N[C@H]2COC[C@H]2Cc2ccnc3ccccc23)CC1. The summed E-state index contributed by atoms with van der Waals surface area (Å²) in [6, 6.07) is 10.4. The third kappa shape index (κ3) is 4.51. The summed E-state index contributed by atoms with van der Waals surface area (Å²) in [4.78, 5) is 21.7. The van der Waals surface area contributed by atoms with Gasteiger partial charge in [0.2, 0.25) is 5.91 Å². The van der Waals surface area contributed by atoms with Gasteiger partial charge in [-0.15, -0.1) is 0 Å². The second-order valence-electron chi connectivity index (χ2n) is 7.87. The fraction of sp³-hybridized carbons (Fsp3) is 0.545. The van der Waals surface area contributed by atoms with Crippen LogP contribution in [0.1, 0.15) is 12.5 Å². The minimum Gasteiger partial charge on any atom is -0.379 e. The molecule has 0 radical (unpaired) electrons. The van der Waals surface area contributed by atoms with Crippen molar-refractivity contribution in [3.8, 4) is 0 Å². The Balaban J connectivity index is 1.34. The van der Waals surface area contributed by atoms with E-state index in [0.29, 0.717) is 25.7 Å². The second-order valence-corrected chi connectivity index (χ2v) is 7.87. The highest BCUT2D eigenvalue weighted by molar-refractivity contribution is 5.82. The van der Waals surface area contributed by atoms with Gasteiger partial charge in [0.25, 0.3) is 0 Å². The number of rotatable bonds is 6. The Bertz CT molecular complexity index is 799. The molecule has 1 aromatic carbocycles. The summed E-state index contributed by atoms with van der Waals surface area (Å²) in [6.07, 6.45) is 2.76. The molecule has 0 aliphatic carbocycles. The molecule has 3 heterocycles. The van der Waals surface area contributed by atoms with Crippen molar-refractivity contribution in [2.75, 3.05) is 52.5 Å². The number of nitrogens with one attached hydrogen (secondary N) is 1. The third-order valence-electron chi connectivity index (χ3n) is 6.05. The van der Waals surface area contributed by atoms with Crippen molar-refractivity contribution < 1.29 is 9.53 Å². The average molecular weight is 383 g/mol. The number of carbonyl (C=O) groups excluding carboxylic acids is 1. The zero-order valence-corrected chi connectivity index (χ0v) is 16.6. The number of fused-ring (bicyclic) bond motifs is 1. The average Bonchev–Trinajstić information content (AvgIpc) is 3.15. The first kappa shape index (κ1) is 19.3. The molecule has 1 aromatic heterocycles. The van der Waals surface area contributed by atoms with Gasteiger partial charge in [0.15, 0.2) is 0 Å². The van der Waals surface area contributed by atoms with E-state index in [1.54, 1.807) is 0 Å². The molecule has 0 saturated carbocycles. The Hall–Kier alpha value is -2.02. The number of carbonyl (C=O) groups is 1. The molecule has 2 fully saturated rings. The van der Waals surface area contributed by atoms with Crippen LogP contribution in [0.2, 0.25) is 0 Å². The van der Waals surface area contributed by atoms with Gasteiger partial charge in [-0.05, 0) is 30.7 Å². The van der Waals surface area contributed by atoms with Gasteiger partial charge in [0.1, 0.15) is 0 Å². The van der Waals surface area contributed by atoms with Gasteiger partial charge in [0.05, 0.1) is 31.3 Å². The largest absolute Gasteiger partial charge is 0.379 e. The van der Waals surface area contributed by atoms with Gasteiger partial charge in [-0.1, -0.05) is 25.1 Å². The molecule has 0 unspecified atom stereocenters. The molecule has 1 N–H and O–H groups in total. The van der Waals surface area contributed by atoms with Gasteiger partial charge in [-0.25, -0.2) is 0 Å². The molecule has 2 aromatic rings. The van der Waals surface area contributed by atoms with Gasteiger partial charge in [-0.2, -0.15) is 0 Å². The van der Waals surface area contributed by atoms with Gasteiger partial charge in [0, 0.05) is 43.7 Å². The molecular weight excluding hydrogens is 352 g/mol. The van der Waals surface area contributed by atoms with Crippen molar-refractivity contribution in [2.45, 2.75) is 19.4 Å². The highest BCUT2D eigenvalue weighted by Crippen LogP contribution is 2.24. The van der Waals surface area contributed by atoms with Crippen molar-refractivity contribution in [1.82, 2.24) is 20.1 Å². The molecule has 150 valence electrons. The number of hydrogen-bond donors (Lipinski definition) is 1. The fourth-order valence-corrected chi connectivity index (χ4v) is 4.29. The second kappa shape index (κ2) is 8.99. The Morgan fingerprint density at radius 3 is 2.75 bits per heavy atom. The number of amides is 1. The van der Waals surface area contributed by atoms with Gasteiger partial charge < -0.3 is 15.0 Å². The van der Waals surface area contributed by atoms with E-state index >= 15 is 0 Å². The van der Waals surface area contributed by atoms with Crippen LogP contribution in [-0.2, 0) is 16.0 Å². The van der Waals surface area contributed by atoms with Crippen LogP contribution in [0.25, 0.3) is 10.9 Å². The van der Waals surface area contributed by atoms with Gasteiger partial charge in [-0.3, -0.25) is 14.7 Å². The lowest BCUT2D eigenvalue weighted by molar-refractivity contribution is -0.123. The van der Waals surface area contributed by atoms with Crippen molar-refractivity contribution in [1.29, 1.82) is 0 Å². The smallest absolute Gasteiger partial charge is 0.234 e. The number of nitrogens with zero attached hydrogens (tertiary/aromatic N) is 3. The molecule has 2 atom stereocenters. The fourth-order valence-electron chi connectivity index (χ4n) is 4.29. The summed E-state index contributed by atoms with van der Waals surface area (Å²) in [6.45, 7) is 9.09. The van der Waals surface area contributed by atoms with E-state index in [-0.39, 0.29) is 11.9 Å². The number of ether oxygens (including phenoxy) is 1. The van der Waals surface area contributed by atoms with Crippen LogP contribution >= 0.6 is 0 Å². The van der Waals surface area contributed by atoms with E-state index in [4.69, 9.17) is 4.74 Å². The number of benzene rings is 1. The summed E-state index contributed by atoms with van der Waals surface area (Å²) in [7, 11) is 0. The maximum Gasteiger partial charge on any atom is 0.234 e. The zero-order chi connectivity index (χ0) is 19.3. The number of piperazine rings is 1. The van der Waals surface area contributed by atoms with E-state index in [1.165, 1.54) is 10.9 Å². The minimum absolute atomic E-state index is 0.0800. The lowest BCUT2D eigenvalue weighted by atomic mass is 9.93. The normalized spacial score (nSPS) is 23.9. The quantitative estimate of drug-likeness (QED) is 0.821. The first-order valence-corrected chi connectivity index (χ1v) is 10.4. The molecular formula is C22H30N4O2. The first-order valence-electron chi connectivity index (χ1n) is 10.4. The first-order chi connectivity index (χ1) is 13.7. The van der Waals surface area contributed by atoms with Crippen molar-refractivity contribution in [2.24, 2.45) is 5.92 Å². The molecule has 6 nitrogen and oxygen atoms in total. The van der Waals surface area contributed by atoms with Crippen LogP contribution in [-0.4, -0.2) is 79.2 Å². The summed E-state index contributed by atoms with van der Waals surface area (Å²) in [5, 5.41) is 4.43. The molecule has 28 heavy (non-hydrogen) atoms. The number of para-hydroxylation sites is 1. The van der Waals surface area contributed by atoms with Crippen LogP contribution in [0.4, 0.5) is 0 Å². The van der Waals surface area contributed by atoms with Crippen LogP contribution in [0, 0.1) is 5.92 Å². The molecule has 2 saturated heterocycles.